The van der Waals surface area contributed by atoms with Gasteiger partial charge in [-0.2, -0.15) is 0 Å². The van der Waals surface area contributed by atoms with E-state index in [1.165, 1.54) is 44.1 Å². The smallest absolute Gasteiger partial charge is 0.335 e. The maximum atomic E-state index is 13.7. The molecule has 2 N–H and O–H groups in total. The van der Waals surface area contributed by atoms with Gasteiger partial charge in [0.25, 0.3) is 0 Å². The summed E-state index contributed by atoms with van der Waals surface area (Å²) in [6, 6.07) is 4.35. The van der Waals surface area contributed by atoms with Gasteiger partial charge in [-0.05, 0) is 50.0 Å². The molecule has 1 aromatic rings. The van der Waals surface area contributed by atoms with Crippen molar-refractivity contribution in [2.45, 2.75) is 25.4 Å². The number of hydrogen-bond donors (Lipinski definition) is 2. The molecular formula is C15H19FN2O2. The molecule has 1 aromatic carbocycles. The zero-order valence-electron chi connectivity index (χ0n) is 11.3. The molecule has 20 heavy (non-hydrogen) atoms. The molecule has 3 fully saturated rings. The summed E-state index contributed by atoms with van der Waals surface area (Å²) in [4.78, 5) is 13.4. The minimum absolute atomic E-state index is 0.136. The molecule has 1 unspecified atom stereocenters. The van der Waals surface area contributed by atoms with Gasteiger partial charge in [0.15, 0.2) is 0 Å². The summed E-state index contributed by atoms with van der Waals surface area (Å²) < 4.78 is 13.7. The van der Waals surface area contributed by atoms with Crippen molar-refractivity contribution >= 4 is 5.97 Å². The standard InChI is InChI=1S/C15H19FN2O2/c16-13-2-1-11(15(19)20)7-12(13)8-17-14-9-18-5-3-10(14)4-6-18/h1-2,7,10,14,17H,3-6,8-9H2,(H,19,20). The predicted molar refractivity (Wildman–Crippen MR) is 73.2 cm³/mol. The molecular weight excluding hydrogens is 259 g/mol. The number of nitrogens with zero attached hydrogens (tertiary/aromatic N) is 1. The van der Waals surface area contributed by atoms with Crippen molar-refractivity contribution in [2.24, 2.45) is 5.92 Å². The third-order valence-electron chi connectivity index (χ3n) is 4.50. The first-order valence-electron chi connectivity index (χ1n) is 7.11. The second-order valence-corrected chi connectivity index (χ2v) is 5.74. The zero-order valence-corrected chi connectivity index (χ0v) is 11.3. The molecule has 2 bridgehead atoms. The molecule has 5 heteroatoms. The molecule has 3 saturated heterocycles. The number of piperidine rings is 3. The Labute approximate surface area is 117 Å². The summed E-state index contributed by atoms with van der Waals surface area (Å²) in [6.45, 7) is 3.75. The zero-order chi connectivity index (χ0) is 14.1. The third-order valence-corrected chi connectivity index (χ3v) is 4.50. The highest BCUT2D eigenvalue weighted by molar-refractivity contribution is 5.87. The Bertz CT molecular complexity index is 513. The third kappa shape index (κ3) is 2.69. The van der Waals surface area contributed by atoms with Crippen molar-refractivity contribution in [3.05, 3.63) is 35.1 Å². The molecule has 4 nitrogen and oxygen atoms in total. The number of aromatic carboxylic acids is 1. The first kappa shape index (κ1) is 13.5. The van der Waals surface area contributed by atoms with Crippen LogP contribution in [0.15, 0.2) is 18.2 Å². The number of nitrogens with one attached hydrogen (secondary N) is 1. The molecule has 0 spiro atoms. The number of carboxylic acid groups (broad SMARTS) is 1. The van der Waals surface area contributed by atoms with Gasteiger partial charge in [0.1, 0.15) is 5.82 Å². The van der Waals surface area contributed by atoms with Crippen LogP contribution in [0.3, 0.4) is 0 Å². The van der Waals surface area contributed by atoms with E-state index in [0.29, 0.717) is 24.1 Å². The monoisotopic (exact) mass is 278 g/mol. The summed E-state index contributed by atoms with van der Waals surface area (Å²) in [5, 5.41) is 12.4. The Balaban J connectivity index is 1.66. The summed E-state index contributed by atoms with van der Waals surface area (Å²) in [7, 11) is 0. The van der Waals surface area contributed by atoms with Gasteiger partial charge < -0.3 is 15.3 Å². The predicted octanol–water partition coefficient (Wildman–Crippen LogP) is 1.71. The van der Waals surface area contributed by atoms with E-state index >= 15 is 0 Å². The normalized spacial score (nSPS) is 28.6. The van der Waals surface area contributed by atoms with Gasteiger partial charge in [0.05, 0.1) is 5.56 Å². The van der Waals surface area contributed by atoms with Crippen molar-refractivity contribution in [3.8, 4) is 0 Å². The summed E-state index contributed by atoms with van der Waals surface area (Å²) >= 11 is 0. The SMILES string of the molecule is O=C(O)c1ccc(F)c(CNC2CN3CCC2CC3)c1. The lowest BCUT2D eigenvalue weighted by Gasteiger charge is -2.45. The van der Waals surface area contributed by atoms with Crippen LogP contribution in [0.4, 0.5) is 4.39 Å². The summed E-state index contributed by atoms with van der Waals surface area (Å²) in [6.07, 6.45) is 2.41. The first-order valence-corrected chi connectivity index (χ1v) is 7.11. The number of carboxylic acids is 1. The lowest BCUT2D eigenvalue weighted by molar-refractivity contribution is 0.0695. The first-order chi connectivity index (χ1) is 9.63. The van der Waals surface area contributed by atoms with Gasteiger partial charge in [0.2, 0.25) is 0 Å². The summed E-state index contributed by atoms with van der Waals surface area (Å²) in [5.74, 6) is -0.691. The van der Waals surface area contributed by atoms with Crippen molar-refractivity contribution < 1.29 is 14.3 Å². The lowest BCUT2D eigenvalue weighted by Crippen LogP contribution is -2.55. The van der Waals surface area contributed by atoms with Crippen LogP contribution in [0.5, 0.6) is 0 Å². The quantitative estimate of drug-likeness (QED) is 0.880. The highest BCUT2D eigenvalue weighted by atomic mass is 19.1. The molecule has 0 aromatic heterocycles. The minimum atomic E-state index is -1.02. The fraction of sp³-hybridized carbons (Fsp3) is 0.533. The Morgan fingerprint density at radius 2 is 2.15 bits per heavy atom. The average Bonchev–Trinajstić information content (AvgIpc) is 2.47. The van der Waals surface area contributed by atoms with E-state index in [9.17, 15) is 9.18 Å². The number of fused-ring (bicyclic) bond motifs is 3. The maximum Gasteiger partial charge on any atom is 0.335 e. The van der Waals surface area contributed by atoms with E-state index in [0.717, 1.165) is 6.54 Å². The molecule has 0 saturated carbocycles. The number of halogens is 1. The van der Waals surface area contributed by atoms with Gasteiger partial charge in [-0.25, -0.2) is 9.18 Å². The van der Waals surface area contributed by atoms with Crippen LogP contribution in [0.25, 0.3) is 0 Å². The lowest BCUT2D eigenvalue weighted by atomic mass is 9.84. The summed E-state index contributed by atoms with van der Waals surface area (Å²) in [5.41, 5.74) is 0.568. The topological polar surface area (TPSA) is 52.6 Å². The number of carbonyl (C=O) groups is 1. The van der Waals surface area contributed by atoms with Gasteiger partial charge >= 0.3 is 5.97 Å². The Kier molecular flexibility index (Phi) is 3.72. The molecule has 3 aliphatic rings. The van der Waals surface area contributed by atoms with E-state index in [2.05, 4.69) is 10.2 Å². The van der Waals surface area contributed by atoms with Gasteiger partial charge in [-0.3, -0.25) is 0 Å². The molecule has 4 rings (SSSR count). The maximum absolute atomic E-state index is 13.7. The molecule has 3 heterocycles. The molecule has 108 valence electrons. The molecule has 1 atom stereocenters. The van der Waals surface area contributed by atoms with E-state index in [1.54, 1.807) is 0 Å². The second kappa shape index (κ2) is 5.50. The van der Waals surface area contributed by atoms with Crippen LogP contribution in [-0.4, -0.2) is 41.7 Å². The van der Waals surface area contributed by atoms with Gasteiger partial charge in [-0.1, -0.05) is 0 Å². The number of rotatable bonds is 4. The van der Waals surface area contributed by atoms with Crippen molar-refractivity contribution in [2.75, 3.05) is 19.6 Å². The van der Waals surface area contributed by atoms with Crippen LogP contribution in [0.1, 0.15) is 28.8 Å². The Morgan fingerprint density at radius 3 is 2.75 bits per heavy atom. The Morgan fingerprint density at radius 1 is 1.40 bits per heavy atom. The fourth-order valence-electron chi connectivity index (χ4n) is 3.28. The van der Waals surface area contributed by atoms with Crippen LogP contribution in [-0.2, 0) is 6.54 Å². The van der Waals surface area contributed by atoms with E-state index in [4.69, 9.17) is 5.11 Å². The van der Waals surface area contributed by atoms with E-state index in [1.807, 2.05) is 0 Å². The average molecular weight is 278 g/mol. The van der Waals surface area contributed by atoms with Crippen molar-refractivity contribution in [1.29, 1.82) is 0 Å². The Hall–Kier alpha value is -1.46. The van der Waals surface area contributed by atoms with Crippen LogP contribution >= 0.6 is 0 Å². The second-order valence-electron chi connectivity index (χ2n) is 5.74. The van der Waals surface area contributed by atoms with E-state index < -0.39 is 5.97 Å². The highest BCUT2D eigenvalue weighted by Crippen LogP contribution is 2.27. The molecule has 0 radical (unpaired) electrons. The molecule has 0 aliphatic carbocycles. The van der Waals surface area contributed by atoms with Crippen LogP contribution < -0.4 is 5.32 Å². The fourth-order valence-corrected chi connectivity index (χ4v) is 3.28. The van der Waals surface area contributed by atoms with Gasteiger partial charge in [0, 0.05) is 24.7 Å². The number of hydrogen-bond acceptors (Lipinski definition) is 3. The van der Waals surface area contributed by atoms with Crippen LogP contribution in [0.2, 0.25) is 0 Å². The largest absolute Gasteiger partial charge is 0.478 e. The number of benzene rings is 1. The van der Waals surface area contributed by atoms with Crippen molar-refractivity contribution in [3.63, 3.8) is 0 Å². The molecule has 3 aliphatic heterocycles. The van der Waals surface area contributed by atoms with Gasteiger partial charge in [-0.15, -0.1) is 0 Å². The minimum Gasteiger partial charge on any atom is -0.478 e. The molecule has 0 amide bonds. The van der Waals surface area contributed by atoms with Crippen molar-refractivity contribution in [1.82, 2.24) is 10.2 Å². The highest BCUT2D eigenvalue weighted by Gasteiger charge is 2.33. The van der Waals surface area contributed by atoms with Crippen LogP contribution in [0, 0.1) is 11.7 Å². The van der Waals surface area contributed by atoms with E-state index in [-0.39, 0.29) is 11.4 Å².